The summed E-state index contributed by atoms with van der Waals surface area (Å²) in [6.45, 7) is 0.159. The van der Waals surface area contributed by atoms with Crippen molar-refractivity contribution >= 4 is 23.3 Å². The van der Waals surface area contributed by atoms with E-state index >= 15 is 0 Å². The van der Waals surface area contributed by atoms with E-state index in [9.17, 15) is 14.3 Å². The van der Waals surface area contributed by atoms with Crippen LogP contribution in [0.25, 0.3) is 0 Å². The Balaban J connectivity index is 2.04. The Hall–Kier alpha value is -2.11. The average Bonchev–Trinajstić information content (AvgIpc) is 2.46. The number of carbonyl (C=O) groups is 1. The van der Waals surface area contributed by atoms with Crippen molar-refractivity contribution in [2.24, 2.45) is 0 Å². The van der Waals surface area contributed by atoms with Crippen LogP contribution in [0.2, 0.25) is 5.02 Å². The van der Waals surface area contributed by atoms with Gasteiger partial charge in [0.05, 0.1) is 11.7 Å². The molecule has 0 aliphatic rings. The van der Waals surface area contributed by atoms with Crippen LogP contribution in [0.1, 0.15) is 22.0 Å². The van der Waals surface area contributed by atoms with Gasteiger partial charge in [-0.3, -0.25) is 0 Å². The van der Waals surface area contributed by atoms with Gasteiger partial charge in [-0.2, -0.15) is 0 Å². The summed E-state index contributed by atoms with van der Waals surface area (Å²) in [5.41, 5.74) is 0.676. The molecule has 2 aromatic carbocycles. The number of aliphatic hydroxyl groups is 1. The van der Waals surface area contributed by atoms with Crippen molar-refractivity contribution in [1.82, 2.24) is 0 Å². The average molecular weight is 310 g/mol. The predicted octanol–water partition coefficient (Wildman–Crippen LogP) is 3.32. The lowest BCUT2D eigenvalue weighted by atomic mass is 10.1. The van der Waals surface area contributed by atoms with Crippen LogP contribution in [-0.2, 0) is 0 Å². The lowest BCUT2D eigenvalue weighted by Crippen LogP contribution is -2.12. The van der Waals surface area contributed by atoms with Crippen LogP contribution in [0.5, 0.6) is 0 Å². The molecule has 0 spiro atoms. The van der Waals surface area contributed by atoms with Crippen LogP contribution in [0, 0.1) is 5.82 Å². The number of carboxylic acid groups (broad SMARTS) is 1. The zero-order valence-corrected chi connectivity index (χ0v) is 11.6. The zero-order chi connectivity index (χ0) is 15.4. The third kappa shape index (κ3) is 3.93. The Morgan fingerprint density at radius 2 is 1.90 bits per heavy atom. The molecular formula is C15H13ClFNO3. The molecule has 2 aromatic rings. The van der Waals surface area contributed by atoms with Crippen molar-refractivity contribution in [3.8, 4) is 0 Å². The molecule has 0 saturated carbocycles. The molecule has 0 bridgehead atoms. The maximum Gasteiger partial charge on any atom is 0.338 e. The Morgan fingerprint density at radius 3 is 2.52 bits per heavy atom. The third-order valence-corrected chi connectivity index (χ3v) is 3.20. The predicted molar refractivity (Wildman–Crippen MR) is 78.3 cm³/mol. The fraction of sp³-hybridized carbons (Fsp3) is 0.133. The molecular weight excluding hydrogens is 297 g/mol. The first-order chi connectivity index (χ1) is 9.97. The number of aromatic carboxylic acids is 1. The zero-order valence-electron chi connectivity index (χ0n) is 10.9. The maximum atomic E-state index is 13.3. The fourth-order valence-corrected chi connectivity index (χ4v) is 1.94. The summed E-state index contributed by atoms with van der Waals surface area (Å²) in [6, 6.07) is 10.4. The molecule has 0 saturated heterocycles. The van der Waals surface area contributed by atoms with E-state index in [4.69, 9.17) is 16.7 Å². The molecule has 110 valence electrons. The maximum absolute atomic E-state index is 13.3. The van der Waals surface area contributed by atoms with Crippen LogP contribution >= 0.6 is 11.6 Å². The molecule has 3 N–H and O–H groups in total. The molecule has 0 aliphatic carbocycles. The standard InChI is InChI=1S/C15H13ClFNO3/c16-10-3-1-9(2-4-10)14(19)8-18-11-5-6-13(17)12(7-11)15(20)21/h1-7,14,18-19H,8H2,(H,20,21). The molecule has 2 rings (SSSR count). The summed E-state index contributed by atoms with van der Waals surface area (Å²) in [7, 11) is 0. The second kappa shape index (κ2) is 6.56. The van der Waals surface area contributed by atoms with E-state index in [1.807, 2.05) is 0 Å². The Morgan fingerprint density at radius 1 is 1.24 bits per heavy atom. The van der Waals surface area contributed by atoms with Crippen molar-refractivity contribution in [3.63, 3.8) is 0 Å². The molecule has 21 heavy (non-hydrogen) atoms. The highest BCUT2D eigenvalue weighted by molar-refractivity contribution is 6.30. The minimum Gasteiger partial charge on any atom is -0.478 e. The molecule has 1 unspecified atom stereocenters. The van der Waals surface area contributed by atoms with Gasteiger partial charge in [-0.05, 0) is 35.9 Å². The summed E-state index contributed by atoms with van der Waals surface area (Å²) in [6.07, 6.45) is -0.791. The molecule has 1 atom stereocenters. The van der Waals surface area contributed by atoms with Crippen molar-refractivity contribution in [1.29, 1.82) is 0 Å². The smallest absolute Gasteiger partial charge is 0.338 e. The number of carboxylic acids is 1. The van der Waals surface area contributed by atoms with Gasteiger partial charge in [0.25, 0.3) is 0 Å². The van der Waals surface area contributed by atoms with Gasteiger partial charge in [0, 0.05) is 17.3 Å². The van der Waals surface area contributed by atoms with E-state index in [1.165, 1.54) is 12.1 Å². The summed E-state index contributed by atoms with van der Waals surface area (Å²) >= 11 is 5.76. The Kier molecular flexibility index (Phi) is 4.77. The molecule has 6 heteroatoms. The molecule has 0 radical (unpaired) electrons. The monoisotopic (exact) mass is 309 g/mol. The number of benzene rings is 2. The van der Waals surface area contributed by atoms with Gasteiger partial charge in [-0.15, -0.1) is 0 Å². The number of hydrogen-bond acceptors (Lipinski definition) is 3. The van der Waals surface area contributed by atoms with Crippen LogP contribution in [0.15, 0.2) is 42.5 Å². The number of aliphatic hydroxyl groups excluding tert-OH is 1. The topological polar surface area (TPSA) is 69.6 Å². The molecule has 0 heterocycles. The highest BCUT2D eigenvalue weighted by Crippen LogP contribution is 2.19. The normalized spacial score (nSPS) is 12.0. The van der Waals surface area contributed by atoms with Crippen molar-refractivity contribution in [3.05, 3.63) is 64.4 Å². The van der Waals surface area contributed by atoms with Gasteiger partial charge in [0.1, 0.15) is 5.82 Å². The van der Waals surface area contributed by atoms with Crippen molar-refractivity contribution < 1.29 is 19.4 Å². The van der Waals surface area contributed by atoms with Gasteiger partial charge >= 0.3 is 5.97 Å². The highest BCUT2D eigenvalue weighted by Gasteiger charge is 2.12. The van der Waals surface area contributed by atoms with E-state index in [1.54, 1.807) is 24.3 Å². The van der Waals surface area contributed by atoms with Crippen LogP contribution in [-0.4, -0.2) is 22.7 Å². The second-order valence-corrected chi connectivity index (χ2v) is 4.88. The van der Waals surface area contributed by atoms with Crippen molar-refractivity contribution in [2.45, 2.75) is 6.10 Å². The van der Waals surface area contributed by atoms with Crippen LogP contribution < -0.4 is 5.32 Å². The van der Waals surface area contributed by atoms with Gasteiger partial charge in [0.15, 0.2) is 0 Å². The summed E-state index contributed by atoms with van der Waals surface area (Å²) in [5.74, 6) is -2.14. The quantitative estimate of drug-likeness (QED) is 0.792. The fourth-order valence-electron chi connectivity index (χ4n) is 1.82. The summed E-state index contributed by atoms with van der Waals surface area (Å²) in [5, 5.41) is 22.3. The number of halogens is 2. The number of rotatable bonds is 5. The van der Waals surface area contributed by atoms with E-state index in [0.29, 0.717) is 16.3 Å². The molecule has 0 aromatic heterocycles. The van der Waals surface area contributed by atoms with E-state index in [-0.39, 0.29) is 6.54 Å². The van der Waals surface area contributed by atoms with Gasteiger partial charge in [-0.1, -0.05) is 23.7 Å². The van der Waals surface area contributed by atoms with E-state index in [2.05, 4.69) is 5.32 Å². The summed E-state index contributed by atoms with van der Waals surface area (Å²) in [4.78, 5) is 10.8. The molecule has 0 fully saturated rings. The molecule has 0 aliphatic heterocycles. The number of hydrogen-bond donors (Lipinski definition) is 3. The first-order valence-corrected chi connectivity index (χ1v) is 6.55. The lowest BCUT2D eigenvalue weighted by molar-refractivity contribution is 0.0692. The largest absolute Gasteiger partial charge is 0.478 e. The minimum atomic E-state index is -1.34. The van der Waals surface area contributed by atoms with Crippen LogP contribution in [0.4, 0.5) is 10.1 Å². The Bertz CT molecular complexity index is 646. The van der Waals surface area contributed by atoms with E-state index in [0.717, 1.165) is 6.07 Å². The molecule has 0 amide bonds. The van der Waals surface area contributed by atoms with Gasteiger partial charge in [0.2, 0.25) is 0 Å². The first-order valence-electron chi connectivity index (χ1n) is 6.17. The second-order valence-electron chi connectivity index (χ2n) is 4.45. The molecule has 4 nitrogen and oxygen atoms in total. The van der Waals surface area contributed by atoms with Gasteiger partial charge < -0.3 is 15.5 Å². The number of nitrogens with one attached hydrogen (secondary N) is 1. The SMILES string of the molecule is O=C(O)c1cc(NCC(O)c2ccc(Cl)cc2)ccc1F. The minimum absolute atomic E-state index is 0.159. The highest BCUT2D eigenvalue weighted by atomic mass is 35.5. The first kappa shape index (κ1) is 15.3. The number of anilines is 1. The van der Waals surface area contributed by atoms with E-state index < -0.39 is 23.5 Å². The summed E-state index contributed by atoms with van der Waals surface area (Å²) < 4.78 is 13.3. The Labute approximate surface area is 125 Å². The van der Waals surface area contributed by atoms with Crippen LogP contribution in [0.3, 0.4) is 0 Å². The third-order valence-electron chi connectivity index (χ3n) is 2.95. The van der Waals surface area contributed by atoms with Gasteiger partial charge in [-0.25, -0.2) is 9.18 Å². The van der Waals surface area contributed by atoms with Crippen molar-refractivity contribution in [2.75, 3.05) is 11.9 Å². The lowest BCUT2D eigenvalue weighted by Gasteiger charge is -2.13.